The molecule has 5 heteroatoms. The van der Waals surface area contributed by atoms with E-state index in [1.807, 2.05) is 18.2 Å². The number of carbonyl (C=O) groups excluding carboxylic acids is 1. The van der Waals surface area contributed by atoms with Gasteiger partial charge >= 0.3 is 11.7 Å². The number of hydrogen-bond acceptors (Lipinski definition) is 4. The van der Waals surface area contributed by atoms with Crippen LogP contribution in [0.3, 0.4) is 0 Å². The van der Waals surface area contributed by atoms with Crippen molar-refractivity contribution in [1.29, 1.82) is 0 Å². The average Bonchev–Trinajstić information content (AvgIpc) is 2.83. The summed E-state index contributed by atoms with van der Waals surface area (Å²) >= 11 is 0. The van der Waals surface area contributed by atoms with Crippen LogP contribution >= 0.6 is 0 Å². The number of hydrogen-bond donors (Lipinski definition) is 0. The quantitative estimate of drug-likeness (QED) is 0.815. The summed E-state index contributed by atoms with van der Waals surface area (Å²) in [4.78, 5) is 23.5. The number of oxazole rings is 1. The first-order valence-corrected chi connectivity index (χ1v) is 7.35. The van der Waals surface area contributed by atoms with Gasteiger partial charge in [0.1, 0.15) is 0 Å². The number of carbonyl (C=O) groups is 1. The van der Waals surface area contributed by atoms with E-state index in [0.717, 1.165) is 31.2 Å². The van der Waals surface area contributed by atoms with E-state index in [4.69, 9.17) is 9.15 Å². The first-order chi connectivity index (χ1) is 10.2. The molecule has 21 heavy (non-hydrogen) atoms. The topological polar surface area (TPSA) is 61.4 Å². The second-order valence-electron chi connectivity index (χ2n) is 5.69. The Kier molecular flexibility index (Phi) is 3.82. The molecule has 0 saturated heterocycles. The molecule has 0 atom stereocenters. The number of aromatic nitrogens is 1. The van der Waals surface area contributed by atoms with Crippen LogP contribution in [0.2, 0.25) is 0 Å². The predicted molar refractivity (Wildman–Crippen MR) is 77.9 cm³/mol. The van der Waals surface area contributed by atoms with Crippen molar-refractivity contribution in [2.45, 2.75) is 32.2 Å². The summed E-state index contributed by atoms with van der Waals surface area (Å²) in [5.41, 5.74) is 1.48. The Hall–Kier alpha value is -2.04. The van der Waals surface area contributed by atoms with Crippen LogP contribution in [0.4, 0.5) is 0 Å². The van der Waals surface area contributed by atoms with Gasteiger partial charge in [0, 0.05) is 6.54 Å². The van der Waals surface area contributed by atoms with Crippen LogP contribution in [0.1, 0.15) is 25.7 Å². The van der Waals surface area contributed by atoms with Crippen molar-refractivity contribution in [3.8, 4) is 0 Å². The molecule has 3 rings (SSSR count). The van der Waals surface area contributed by atoms with Crippen LogP contribution in [0, 0.1) is 11.8 Å². The van der Waals surface area contributed by atoms with Crippen LogP contribution < -0.4 is 5.76 Å². The minimum Gasteiger partial charge on any atom is -0.469 e. The maximum atomic E-state index is 12.0. The standard InChI is InChI=1S/C16H19NO4/c1-20-15(18)12-8-6-11(7-9-12)10-17-13-4-2-3-5-14(13)21-16(17)19/h2-5,11-12H,6-10H2,1H3/t11-,12-. The Morgan fingerprint density at radius 1 is 1.29 bits per heavy atom. The molecular formula is C16H19NO4. The van der Waals surface area contributed by atoms with Crippen molar-refractivity contribution in [1.82, 2.24) is 4.57 Å². The third-order valence-corrected chi connectivity index (χ3v) is 4.40. The molecule has 1 heterocycles. The van der Waals surface area contributed by atoms with Gasteiger partial charge in [0.15, 0.2) is 5.58 Å². The van der Waals surface area contributed by atoms with Crippen molar-refractivity contribution in [2.75, 3.05) is 7.11 Å². The summed E-state index contributed by atoms with van der Waals surface area (Å²) in [6, 6.07) is 7.47. The molecule has 1 saturated carbocycles. The molecule has 0 spiro atoms. The SMILES string of the molecule is COC(=O)[C@H]1CC[C@H](Cn2c(=O)oc3ccccc32)CC1. The molecule has 1 aromatic carbocycles. The average molecular weight is 289 g/mol. The number of fused-ring (bicyclic) bond motifs is 1. The predicted octanol–water partition coefficient (Wildman–Crippen LogP) is 2.57. The number of para-hydroxylation sites is 2. The number of esters is 1. The zero-order valence-electron chi connectivity index (χ0n) is 12.1. The molecule has 0 radical (unpaired) electrons. The van der Waals surface area contributed by atoms with Gasteiger partial charge in [-0.3, -0.25) is 9.36 Å². The number of nitrogens with zero attached hydrogens (tertiary/aromatic N) is 1. The van der Waals surface area contributed by atoms with E-state index in [0.29, 0.717) is 18.0 Å². The molecule has 112 valence electrons. The first kappa shape index (κ1) is 13.9. The maximum absolute atomic E-state index is 12.0. The van der Waals surface area contributed by atoms with Gasteiger partial charge in [0.2, 0.25) is 0 Å². The fourth-order valence-electron chi connectivity index (χ4n) is 3.19. The zero-order chi connectivity index (χ0) is 14.8. The van der Waals surface area contributed by atoms with Gasteiger partial charge in [-0.15, -0.1) is 0 Å². The van der Waals surface area contributed by atoms with Crippen molar-refractivity contribution >= 4 is 17.1 Å². The Morgan fingerprint density at radius 3 is 2.71 bits per heavy atom. The minimum atomic E-state index is -0.300. The van der Waals surface area contributed by atoms with Crippen LogP contribution in [0.25, 0.3) is 11.1 Å². The maximum Gasteiger partial charge on any atom is 0.419 e. The van der Waals surface area contributed by atoms with E-state index < -0.39 is 0 Å². The molecule has 1 aliphatic carbocycles. The summed E-state index contributed by atoms with van der Waals surface area (Å²) in [5, 5.41) is 0. The number of benzene rings is 1. The lowest BCUT2D eigenvalue weighted by Gasteiger charge is -2.26. The van der Waals surface area contributed by atoms with Crippen molar-refractivity contribution < 1.29 is 13.9 Å². The van der Waals surface area contributed by atoms with Crippen molar-refractivity contribution in [2.24, 2.45) is 11.8 Å². The third-order valence-electron chi connectivity index (χ3n) is 4.40. The smallest absolute Gasteiger partial charge is 0.419 e. The Bertz CT molecular complexity index is 692. The molecule has 0 amide bonds. The molecule has 0 N–H and O–H groups in total. The Balaban J connectivity index is 1.71. The van der Waals surface area contributed by atoms with E-state index >= 15 is 0 Å². The molecule has 2 aromatic rings. The highest BCUT2D eigenvalue weighted by atomic mass is 16.5. The van der Waals surface area contributed by atoms with Gasteiger partial charge in [-0.1, -0.05) is 12.1 Å². The molecular weight excluding hydrogens is 270 g/mol. The van der Waals surface area contributed by atoms with Gasteiger partial charge in [-0.25, -0.2) is 4.79 Å². The van der Waals surface area contributed by atoms with E-state index in [2.05, 4.69) is 0 Å². The lowest BCUT2D eigenvalue weighted by atomic mass is 9.82. The van der Waals surface area contributed by atoms with E-state index in [1.54, 1.807) is 10.6 Å². The highest BCUT2D eigenvalue weighted by Crippen LogP contribution is 2.31. The number of rotatable bonds is 3. The molecule has 1 aromatic heterocycles. The van der Waals surface area contributed by atoms with Gasteiger partial charge in [-0.05, 0) is 43.7 Å². The highest BCUT2D eigenvalue weighted by Gasteiger charge is 2.27. The van der Waals surface area contributed by atoms with E-state index in [-0.39, 0.29) is 17.6 Å². The number of ether oxygens (including phenoxy) is 1. The second-order valence-corrected chi connectivity index (χ2v) is 5.69. The van der Waals surface area contributed by atoms with Crippen LogP contribution in [-0.2, 0) is 16.1 Å². The van der Waals surface area contributed by atoms with Crippen LogP contribution in [-0.4, -0.2) is 17.6 Å². The second kappa shape index (κ2) is 5.76. The monoisotopic (exact) mass is 289 g/mol. The normalized spacial score (nSPS) is 22.3. The van der Waals surface area contributed by atoms with Gasteiger partial charge in [0.25, 0.3) is 0 Å². The summed E-state index contributed by atoms with van der Waals surface area (Å²) < 4.78 is 11.8. The fourth-order valence-corrected chi connectivity index (χ4v) is 3.19. The van der Waals surface area contributed by atoms with E-state index in [1.165, 1.54) is 7.11 Å². The zero-order valence-corrected chi connectivity index (χ0v) is 12.1. The van der Waals surface area contributed by atoms with Gasteiger partial charge in [-0.2, -0.15) is 0 Å². The number of methoxy groups -OCH3 is 1. The largest absolute Gasteiger partial charge is 0.469 e. The summed E-state index contributed by atoms with van der Waals surface area (Å²) in [6.07, 6.45) is 3.54. The molecule has 1 fully saturated rings. The highest BCUT2D eigenvalue weighted by molar-refractivity contribution is 5.73. The summed E-state index contributed by atoms with van der Waals surface area (Å²) in [7, 11) is 1.44. The molecule has 1 aliphatic rings. The van der Waals surface area contributed by atoms with Crippen LogP contribution in [0.5, 0.6) is 0 Å². The first-order valence-electron chi connectivity index (χ1n) is 7.35. The van der Waals surface area contributed by atoms with Crippen molar-refractivity contribution in [3.63, 3.8) is 0 Å². The molecule has 0 unspecified atom stereocenters. The Morgan fingerprint density at radius 2 is 2.00 bits per heavy atom. The van der Waals surface area contributed by atoms with Gasteiger partial charge < -0.3 is 9.15 Å². The van der Waals surface area contributed by atoms with Crippen LogP contribution in [0.15, 0.2) is 33.5 Å². The molecule has 0 bridgehead atoms. The van der Waals surface area contributed by atoms with E-state index in [9.17, 15) is 9.59 Å². The minimum absolute atomic E-state index is 0.0177. The Labute approximate surface area is 122 Å². The van der Waals surface area contributed by atoms with Gasteiger partial charge in [0.05, 0.1) is 18.5 Å². The fraction of sp³-hybridized carbons (Fsp3) is 0.500. The lowest BCUT2D eigenvalue weighted by Crippen LogP contribution is -2.27. The molecule has 5 nitrogen and oxygen atoms in total. The summed E-state index contributed by atoms with van der Waals surface area (Å²) in [5.74, 6) is 0.0133. The summed E-state index contributed by atoms with van der Waals surface area (Å²) in [6.45, 7) is 0.656. The van der Waals surface area contributed by atoms with Crippen molar-refractivity contribution in [3.05, 3.63) is 34.8 Å². The third kappa shape index (κ3) is 2.73. The lowest BCUT2D eigenvalue weighted by molar-refractivity contribution is -0.146. The molecule has 0 aliphatic heterocycles.